The molecule has 0 bridgehead atoms. The zero-order chi connectivity index (χ0) is 15.5. The minimum absolute atomic E-state index is 0.0774. The van der Waals surface area contributed by atoms with Crippen LogP contribution in [0.15, 0.2) is 30.6 Å². The van der Waals surface area contributed by atoms with Crippen LogP contribution < -0.4 is 15.8 Å². The molecule has 0 saturated carbocycles. The zero-order valence-corrected chi connectivity index (χ0v) is 10.9. The van der Waals surface area contributed by atoms with Crippen molar-refractivity contribution in [2.45, 2.75) is 19.3 Å². The van der Waals surface area contributed by atoms with E-state index in [0.29, 0.717) is 0 Å². The van der Waals surface area contributed by atoms with Gasteiger partial charge in [0.2, 0.25) is 11.9 Å². The van der Waals surface area contributed by atoms with Gasteiger partial charge in [-0.05, 0) is 24.6 Å². The van der Waals surface area contributed by atoms with Crippen molar-refractivity contribution in [3.8, 4) is 5.75 Å². The van der Waals surface area contributed by atoms with Gasteiger partial charge in [0.25, 0.3) is 0 Å². The van der Waals surface area contributed by atoms with Crippen molar-refractivity contribution in [2.24, 2.45) is 0 Å². The molecule has 112 valence electrons. The molecular weight excluding hydrogens is 287 g/mol. The molecule has 0 saturated heterocycles. The fourth-order valence-electron chi connectivity index (χ4n) is 1.61. The quantitative estimate of drug-likeness (QED) is 0.902. The topological polar surface area (TPSA) is 86.0 Å². The molecule has 3 N–H and O–H groups in total. The number of halogens is 3. The summed E-state index contributed by atoms with van der Waals surface area (Å²) in [5, 5.41) is 2.96. The highest BCUT2D eigenvalue weighted by Gasteiger charge is 2.31. The van der Waals surface area contributed by atoms with Crippen molar-refractivity contribution in [3.05, 3.63) is 36.2 Å². The molecule has 6 nitrogen and oxygen atoms in total. The van der Waals surface area contributed by atoms with Crippen molar-refractivity contribution in [2.75, 3.05) is 11.1 Å². The molecule has 9 heteroatoms. The number of nitrogen functional groups attached to an aromatic ring is 1. The Morgan fingerprint density at radius 3 is 2.43 bits per heavy atom. The minimum Gasteiger partial charge on any atom is -0.406 e. The number of aromatic nitrogens is 3. The molecule has 2 rings (SSSR count). The fourth-order valence-corrected chi connectivity index (χ4v) is 1.61. The average Bonchev–Trinajstić information content (AvgIpc) is 2.37. The van der Waals surface area contributed by atoms with Gasteiger partial charge in [0.15, 0.2) is 0 Å². The first kappa shape index (κ1) is 14.8. The third-order valence-electron chi connectivity index (χ3n) is 2.55. The Kier molecular flexibility index (Phi) is 4.10. The first-order valence-electron chi connectivity index (χ1n) is 5.90. The second kappa shape index (κ2) is 5.81. The van der Waals surface area contributed by atoms with Crippen LogP contribution in [-0.2, 0) is 0 Å². The van der Waals surface area contributed by atoms with Crippen LogP contribution >= 0.6 is 0 Å². The molecule has 2 aromatic rings. The van der Waals surface area contributed by atoms with Crippen molar-refractivity contribution in [1.82, 2.24) is 15.0 Å². The molecule has 0 amide bonds. The third kappa shape index (κ3) is 4.48. The summed E-state index contributed by atoms with van der Waals surface area (Å²) in [4.78, 5) is 11.4. The summed E-state index contributed by atoms with van der Waals surface area (Å²) in [5.74, 6) is 0.0853. The molecule has 1 heterocycles. The van der Waals surface area contributed by atoms with Crippen molar-refractivity contribution in [3.63, 3.8) is 0 Å². The van der Waals surface area contributed by atoms with E-state index in [1.54, 1.807) is 6.92 Å². The number of nitrogens with two attached hydrogens (primary N) is 1. The monoisotopic (exact) mass is 299 g/mol. The van der Waals surface area contributed by atoms with E-state index in [9.17, 15) is 13.2 Å². The summed E-state index contributed by atoms with van der Waals surface area (Å²) in [5.41, 5.74) is 6.17. The van der Waals surface area contributed by atoms with Crippen LogP contribution in [0.1, 0.15) is 18.5 Å². The Morgan fingerprint density at radius 2 is 1.86 bits per heavy atom. The summed E-state index contributed by atoms with van der Waals surface area (Å²) < 4.78 is 40.0. The lowest BCUT2D eigenvalue weighted by Gasteiger charge is -2.15. The predicted octanol–water partition coefficient (Wildman–Crippen LogP) is 2.53. The number of anilines is 2. The second-order valence-electron chi connectivity index (χ2n) is 4.15. The lowest BCUT2D eigenvalue weighted by atomic mass is 10.1. The van der Waals surface area contributed by atoms with E-state index < -0.39 is 6.36 Å². The molecule has 0 fully saturated rings. The smallest absolute Gasteiger partial charge is 0.406 e. The Labute approximate surface area is 118 Å². The van der Waals surface area contributed by atoms with Gasteiger partial charge in [-0.2, -0.15) is 4.98 Å². The second-order valence-corrected chi connectivity index (χ2v) is 4.15. The molecule has 1 unspecified atom stereocenters. The normalized spacial score (nSPS) is 12.8. The summed E-state index contributed by atoms with van der Waals surface area (Å²) in [6.07, 6.45) is -3.44. The Hall–Kier alpha value is -2.58. The van der Waals surface area contributed by atoms with E-state index in [4.69, 9.17) is 5.73 Å². The van der Waals surface area contributed by atoms with Crippen LogP contribution in [0.5, 0.6) is 5.75 Å². The van der Waals surface area contributed by atoms with Crippen molar-refractivity contribution < 1.29 is 17.9 Å². The molecule has 1 aromatic carbocycles. The van der Waals surface area contributed by atoms with E-state index in [-0.39, 0.29) is 23.7 Å². The number of ether oxygens (including phenoxy) is 1. The largest absolute Gasteiger partial charge is 0.573 e. The molecule has 0 aliphatic heterocycles. The molecule has 1 atom stereocenters. The predicted molar refractivity (Wildman–Crippen MR) is 69.4 cm³/mol. The number of nitrogens with one attached hydrogen (secondary N) is 1. The lowest BCUT2D eigenvalue weighted by molar-refractivity contribution is -0.274. The number of hydrogen-bond donors (Lipinski definition) is 2. The maximum absolute atomic E-state index is 12.1. The molecule has 0 aliphatic rings. The average molecular weight is 299 g/mol. The van der Waals surface area contributed by atoms with Crippen LogP contribution in [0.4, 0.5) is 25.1 Å². The van der Waals surface area contributed by atoms with Gasteiger partial charge in [0.1, 0.15) is 12.1 Å². The van der Waals surface area contributed by atoms with Gasteiger partial charge in [-0.15, -0.1) is 13.2 Å². The number of alkyl halides is 3. The Morgan fingerprint density at radius 1 is 1.19 bits per heavy atom. The summed E-state index contributed by atoms with van der Waals surface area (Å²) in [7, 11) is 0. The maximum Gasteiger partial charge on any atom is 0.573 e. The summed E-state index contributed by atoms with van der Waals surface area (Å²) in [6.45, 7) is 1.81. The third-order valence-corrected chi connectivity index (χ3v) is 2.55. The lowest BCUT2D eigenvalue weighted by Crippen LogP contribution is -2.17. The van der Waals surface area contributed by atoms with Crippen LogP contribution in [0, 0.1) is 0 Å². The first-order chi connectivity index (χ1) is 9.83. The number of nitrogens with zero attached hydrogens (tertiary/aromatic N) is 3. The standard InChI is InChI=1S/C12H12F3N5O/c1-7(19-11-18-6-17-10(16)20-11)8-2-4-9(5-3-8)21-12(13,14)15/h2-7H,1H3,(H3,16,17,18,19,20). The van der Waals surface area contributed by atoms with Gasteiger partial charge in [0.05, 0.1) is 6.04 Å². The minimum atomic E-state index is -4.70. The van der Waals surface area contributed by atoms with Crippen LogP contribution in [0.2, 0.25) is 0 Å². The van der Waals surface area contributed by atoms with Gasteiger partial charge >= 0.3 is 6.36 Å². The number of rotatable bonds is 4. The van der Waals surface area contributed by atoms with Crippen molar-refractivity contribution >= 4 is 11.9 Å². The summed E-state index contributed by atoms with van der Waals surface area (Å²) >= 11 is 0. The van der Waals surface area contributed by atoms with Gasteiger partial charge in [-0.1, -0.05) is 12.1 Å². The van der Waals surface area contributed by atoms with Gasteiger partial charge in [-0.3, -0.25) is 0 Å². The Balaban J connectivity index is 2.04. The number of benzene rings is 1. The van der Waals surface area contributed by atoms with E-state index in [2.05, 4.69) is 25.0 Å². The van der Waals surface area contributed by atoms with E-state index in [1.807, 2.05) is 0 Å². The SMILES string of the molecule is CC(Nc1ncnc(N)n1)c1ccc(OC(F)(F)F)cc1. The van der Waals surface area contributed by atoms with Crippen LogP contribution in [0.25, 0.3) is 0 Å². The molecule has 0 radical (unpaired) electrons. The van der Waals surface area contributed by atoms with Crippen LogP contribution in [-0.4, -0.2) is 21.3 Å². The van der Waals surface area contributed by atoms with E-state index >= 15 is 0 Å². The molecule has 0 aliphatic carbocycles. The van der Waals surface area contributed by atoms with E-state index in [1.165, 1.54) is 30.6 Å². The van der Waals surface area contributed by atoms with Gasteiger partial charge in [-0.25, -0.2) is 9.97 Å². The highest BCUT2D eigenvalue weighted by Crippen LogP contribution is 2.25. The highest BCUT2D eigenvalue weighted by molar-refractivity contribution is 5.36. The summed E-state index contributed by atoms with van der Waals surface area (Å²) in [6, 6.07) is 5.28. The van der Waals surface area contributed by atoms with Gasteiger partial charge in [0, 0.05) is 0 Å². The molecule has 0 spiro atoms. The first-order valence-corrected chi connectivity index (χ1v) is 5.90. The van der Waals surface area contributed by atoms with Crippen molar-refractivity contribution in [1.29, 1.82) is 0 Å². The van der Waals surface area contributed by atoms with E-state index in [0.717, 1.165) is 5.56 Å². The number of hydrogen-bond acceptors (Lipinski definition) is 6. The molecule has 1 aromatic heterocycles. The van der Waals surface area contributed by atoms with Crippen LogP contribution in [0.3, 0.4) is 0 Å². The molecular formula is C12H12F3N5O. The Bertz CT molecular complexity index is 603. The molecule has 21 heavy (non-hydrogen) atoms. The highest BCUT2D eigenvalue weighted by atomic mass is 19.4. The zero-order valence-electron chi connectivity index (χ0n) is 10.9. The fraction of sp³-hybridized carbons (Fsp3) is 0.250. The maximum atomic E-state index is 12.1. The van der Waals surface area contributed by atoms with Gasteiger partial charge < -0.3 is 15.8 Å².